The molecule has 1 aliphatic heterocycles. The lowest BCUT2D eigenvalue weighted by molar-refractivity contribution is 0.615. The summed E-state index contributed by atoms with van der Waals surface area (Å²) in [6, 6.07) is 49.5. The maximum absolute atomic E-state index is 6.44. The van der Waals surface area contributed by atoms with Gasteiger partial charge >= 0.3 is 0 Å². The number of nitrogens with zero attached hydrogens (tertiary/aromatic N) is 2. The van der Waals surface area contributed by atoms with Gasteiger partial charge in [-0.1, -0.05) is 140 Å². The smallest absolute Gasteiger partial charge is 0.137 e. The third-order valence-corrected chi connectivity index (χ3v) is 13.8. The van der Waals surface area contributed by atoms with Gasteiger partial charge in [0, 0.05) is 60.0 Å². The van der Waals surface area contributed by atoms with Gasteiger partial charge in [0.2, 0.25) is 0 Å². The van der Waals surface area contributed by atoms with E-state index < -0.39 is 0 Å². The van der Waals surface area contributed by atoms with Crippen molar-refractivity contribution in [3.05, 3.63) is 211 Å². The minimum Gasteiger partial charge on any atom is -0.456 e. The molecule has 4 aliphatic rings. The van der Waals surface area contributed by atoms with E-state index in [4.69, 9.17) is 4.42 Å². The van der Waals surface area contributed by atoms with Gasteiger partial charge in [-0.05, 0) is 89.2 Å². The van der Waals surface area contributed by atoms with Crippen LogP contribution in [-0.2, 0) is 0 Å². The zero-order valence-electron chi connectivity index (χ0n) is 31.9. The van der Waals surface area contributed by atoms with Crippen LogP contribution in [0, 0.1) is 0 Å². The van der Waals surface area contributed by atoms with Gasteiger partial charge in [0.15, 0.2) is 0 Å². The van der Waals surface area contributed by atoms with Crippen molar-refractivity contribution in [3.8, 4) is 0 Å². The molecule has 4 atom stereocenters. The van der Waals surface area contributed by atoms with Gasteiger partial charge in [-0.25, -0.2) is 0 Å². The van der Waals surface area contributed by atoms with Gasteiger partial charge in [0.05, 0.1) is 18.1 Å². The molecule has 0 spiro atoms. The van der Waals surface area contributed by atoms with Gasteiger partial charge < -0.3 is 14.2 Å². The molecule has 0 saturated carbocycles. The van der Waals surface area contributed by atoms with E-state index in [9.17, 15) is 0 Å². The average molecular weight is 765 g/mol. The van der Waals surface area contributed by atoms with Gasteiger partial charge in [-0.3, -0.25) is 0 Å². The number of benzene rings is 6. The van der Waals surface area contributed by atoms with E-state index in [0.29, 0.717) is 12.0 Å². The number of allylic oxidation sites excluding steroid dienone is 6. The Kier molecular flexibility index (Phi) is 7.80. The van der Waals surface area contributed by atoms with Crippen molar-refractivity contribution >= 4 is 81.7 Å². The van der Waals surface area contributed by atoms with E-state index in [2.05, 4.69) is 198 Å². The van der Waals surface area contributed by atoms with Gasteiger partial charge in [-0.2, -0.15) is 0 Å². The predicted molar refractivity (Wildman–Crippen MR) is 246 cm³/mol. The molecule has 3 nitrogen and oxygen atoms in total. The Morgan fingerprint density at radius 1 is 0.621 bits per heavy atom. The van der Waals surface area contributed by atoms with Gasteiger partial charge in [0.25, 0.3) is 0 Å². The summed E-state index contributed by atoms with van der Waals surface area (Å²) in [6.45, 7) is 0. The third-order valence-electron chi connectivity index (χ3n) is 12.7. The van der Waals surface area contributed by atoms with E-state index in [1.54, 1.807) is 0 Å². The molecule has 2 aromatic heterocycles. The van der Waals surface area contributed by atoms with Crippen molar-refractivity contribution in [3.63, 3.8) is 0 Å². The molecule has 4 unspecified atom stereocenters. The summed E-state index contributed by atoms with van der Waals surface area (Å²) in [4.78, 5) is 5.13. The summed E-state index contributed by atoms with van der Waals surface area (Å²) in [5, 5.41) is 4.98. The molecule has 6 aromatic carbocycles. The van der Waals surface area contributed by atoms with E-state index in [-0.39, 0.29) is 12.1 Å². The van der Waals surface area contributed by atoms with Crippen LogP contribution in [0.4, 0.5) is 17.1 Å². The fourth-order valence-electron chi connectivity index (χ4n) is 9.96. The first-order valence-electron chi connectivity index (χ1n) is 20.5. The number of hydrogen-bond acceptors (Lipinski definition) is 4. The van der Waals surface area contributed by atoms with Crippen LogP contribution in [0.5, 0.6) is 0 Å². The molecule has 0 N–H and O–H groups in total. The maximum Gasteiger partial charge on any atom is 0.137 e. The van der Waals surface area contributed by atoms with Gasteiger partial charge in [-0.15, -0.1) is 11.3 Å². The van der Waals surface area contributed by atoms with Crippen molar-refractivity contribution in [2.75, 3.05) is 9.80 Å². The van der Waals surface area contributed by atoms with E-state index in [0.717, 1.165) is 46.2 Å². The molecule has 3 aliphatic carbocycles. The van der Waals surface area contributed by atoms with Crippen LogP contribution in [0.3, 0.4) is 0 Å². The van der Waals surface area contributed by atoms with E-state index >= 15 is 0 Å². The second kappa shape index (κ2) is 13.5. The standard InChI is InChI=1S/C54H40N2OS/c1-2-11-38(12-3-1)56-48-17-7-4-13-43(48)44-31-25-37(33-49(44)56)35-21-26-39(27-22-35)55(41-30-32-46-45-14-5-8-18-50(45)57-51(46)34-41)40-28-23-36(24-29-40)42-16-10-20-53-54(42)47-15-6-9-19-52(47)58-53/h1-11,13-28,30-34,38,40,44,49H,12,29H2. The molecule has 0 amide bonds. The number of hydrogen-bond donors (Lipinski definition) is 0. The summed E-state index contributed by atoms with van der Waals surface area (Å²) in [7, 11) is 0. The van der Waals surface area contributed by atoms with Crippen LogP contribution in [0.2, 0.25) is 0 Å². The summed E-state index contributed by atoms with van der Waals surface area (Å²) in [6.07, 6.45) is 25.4. The largest absolute Gasteiger partial charge is 0.456 e. The first-order chi connectivity index (χ1) is 28.7. The quantitative estimate of drug-likeness (QED) is 0.168. The minimum absolute atomic E-state index is 0.118. The molecule has 58 heavy (non-hydrogen) atoms. The predicted octanol–water partition coefficient (Wildman–Crippen LogP) is 14.3. The van der Waals surface area contributed by atoms with Crippen molar-refractivity contribution in [1.29, 1.82) is 0 Å². The van der Waals surface area contributed by atoms with Gasteiger partial charge in [0.1, 0.15) is 11.2 Å². The monoisotopic (exact) mass is 764 g/mol. The molecule has 4 heteroatoms. The lowest BCUT2D eigenvalue weighted by Gasteiger charge is -2.36. The molecular formula is C54H40N2OS. The molecule has 3 heterocycles. The number of anilines is 3. The second-order valence-electron chi connectivity index (χ2n) is 15.9. The maximum atomic E-state index is 6.44. The first kappa shape index (κ1) is 33.5. The molecule has 12 rings (SSSR count). The first-order valence-corrected chi connectivity index (χ1v) is 21.3. The fraction of sp³-hybridized carbons (Fsp3) is 0.111. The second-order valence-corrected chi connectivity index (χ2v) is 17.0. The molecule has 0 saturated heterocycles. The zero-order chi connectivity index (χ0) is 38.2. The number of fused-ring (bicyclic) bond motifs is 9. The van der Waals surface area contributed by atoms with Crippen LogP contribution in [-0.4, -0.2) is 18.1 Å². The summed E-state index contributed by atoms with van der Waals surface area (Å²) in [5.41, 5.74) is 12.0. The average Bonchev–Trinajstić information content (AvgIpc) is 3.96. The molecule has 0 bridgehead atoms. The SMILES string of the molecule is C1=CCC(N2c3ccccc3C3C=CC(c4ccc(N(c5ccc6c(c5)oc5ccccc56)C5C=CC(c6cccc7sc8ccccc8c67)=CC5)cc4)=CC32)C=C1. The Balaban J connectivity index is 0.904. The van der Waals surface area contributed by atoms with E-state index in [1.165, 1.54) is 53.7 Å². The Labute approximate surface area is 342 Å². The molecular weight excluding hydrogens is 725 g/mol. The van der Waals surface area contributed by atoms with Crippen molar-refractivity contribution in [2.24, 2.45) is 0 Å². The molecule has 0 fully saturated rings. The van der Waals surface area contributed by atoms with E-state index in [1.807, 2.05) is 17.4 Å². The van der Waals surface area contributed by atoms with Crippen LogP contribution in [0.25, 0.3) is 53.3 Å². The Bertz CT molecular complexity index is 3110. The molecule has 0 radical (unpaired) electrons. The Hall–Kier alpha value is -6.62. The lowest BCUT2D eigenvalue weighted by Crippen LogP contribution is -2.41. The molecule has 8 aromatic rings. The topological polar surface area (TPSA) is 19.6 Å². The fourth-order valence-corrected chi connectivity index (χ4v) is 11.1. The molecule has 278 valence electrons. The zero-order valence-corrected chi connectivity index (χ0v) is 32.7. The van der Waals surface area contributed by atoms with Crippen LogP contribution >= 0.6 is 11.3 Å². The minimum atomic E-state index is 0.118. The van der Waals surface area contributed by atoms with Crippen LogP contribution < -0.4 is 9.80 Å². The highest BCUT2D eigenvalue weighted by molar-refractivity contribution is 7.25. The van der Waals surface area contributed by atoms with Crippen molar-refractivity contribution in [2.45, 2.75) is 36.9 Å². The summed E-state index contributed by atoms with van der Waals surface area (Å²) in [5.74, 6) is 0.351. The van der Waals surface area contributed by atoms with Crippen LogP contribution in [0.1, 0.15) is 35.4 Å². The Morgan fingerprint density at radius 2 is 1.41 bits per heavy atom. The van der Waals surface area contributed by atoms with Crippen molar-refractivity contribution in [1.82, 2.24) is 0 Å². The van der Waals surface area contributed by atoms with Crippen LogP contribution in [0.15, 0.2) is 199 Å². The number of furan rings is 1. The highest BCUT2D eigenvalue weighted by atomic mass is 32.1. The normalized spacial score (nSPS) is 20.9. The lowest BCUT2D eigenvalue weighted by atomic mass is 9.86. The number of para-hydroxylation sites is 2. The Morgan fingerprint density at radius 3 is 2.29 bits per heavy atom. The third kappa shape index (κ3) is 5.39. The number of thiophene rings is 1. The summed E-state index contributed by atoms with van der Waals surface area (Å²) >= 11 is 1.88. The highest BCUT2D eigenvalue weighted by Crippen LogP contribution is 2.48. The van der Waals surface area contributed by atoms with Crippen molar-refractivity contribution < 1.29 is 4.42 Å². The summed E-state index contributed by atoms with van der Waals surface area (Å²) < 4.78 is 9.11. The number of rotatable bonds is 6. The highest BCUT2D eigenvalue weighted by Gasteiger charge is 2.40.